The Hall–Kier alpha value is -2.98. The highest BCUT2D eigenvalue weighted by molar-refractivity contribution is 7.18. The summed E-state index contributed by atoms with van der Waals surface area (Å²) < 4.78 is 2.48. The molecule has 0 bridgehead atoms. The summed E-state index contributed by atoms with van der Waals surface area (Å²) in [6.45, 7) is 9.49. The van der Waals surface area contributed by atoms with E-state index in [0.717, 1.165) is 34.6 Å². The highest BCUT2D eigenvalue weighted by Crippen LogP contribution is 2.36. The second-order valence-electron chi connectivity index (χ2n) is 10.0. The highest BCUT2D eigenvalue weighted by Gasteiger charge is 2.33. The van der Waals surface area contributed by atoms with Crippen LogP contribution in [0.5, 0.6) is 0 Å². The average molecular weight is 499 g/mol. The molecule has 4 rings (SSSR count). The van der Waals surface area contributed by atoms with Gasteiger partial charge >= 0.3 is 5.69 Å². The number of carbonyl (C=O) groups excluding carboxylic acids is 1. The Morgan fingerprint density at radius 1 is 1.23 bits per heavy atom. The largest absolute Gasteiger partial charge is 0.383 e. The summed E-state index contributed by atoms with van der Waals surface area (Å²) in [5.74, 6) is 0.0632. The first kappa shape index (κ1) is 25.1. The van der Waals surface area contributed by atoms with Crippen LogP contribution in [0.2, 0.25) is 0 Å². The number of nitrogens with two attached hydrogens (primary N) is 1. The second kappa shape index (κ2) is 10.3. The number of nitrogens with zero attached hydrogens (tertiary/aromatic N) is 4. The number of thiazole rings is 1. The van der Waals surface area contributed by atoms with Crippen LogP contribution in [0, 0.1) is 11.8 Å². The summed E-state index contributed by atoms with van der Waals surface area (Å²) >= 11 is 1.66. The van der Waals surface area contributed by atoms with Gasteiger partial charge < -0.3 is 10.6 Å². The molecular weight excluding hydrogens is 464 g/mol. The number of hydrogen-bond acceptors (Lipinski definition) is 7. The number of likely N-dealkylation sites (tertiary alicyclic amines) is 1. The van der Waals surface area contributed by atoms with E-state index in [9.17, 15) is 14.4 Å². The quantitative estimate of drug-likeness (QED) is 0.493. The van der Waals surface area contributed by atoms with Crippen molar-refractivity contribution in [1.82, 2.24) is 19.4 Å². The maximum absolute atomic E-state index is 13.7. The molecule has 0 spiro atoms. The van der Waals surface area contributed by atoms with Gasteiger partial charge in [-0.1, -0.05) is 39.8 Å². The summed E-state index contributed by atoms with van der Waals surface area (Å²) in [6.07, 6.45) is 1.90. The van der Waals surface area contributed by atoms with Gasteiger partial charge in [-0.3, -0.25) is 24.0 Å². The lowest BCUT2D eigenvalue weighted by Crippen LogP contribution is -2.46. The predicted molar refractivity (Wildman–Crippen MR) is 141 cm³/mol. The molecule has 0 aliphatic carbocycles. The number of H-pyrrole nitrogens is 1. The van der Waals surface area contributed by atoms with Gasteiger partial charge in [-0.15, -0.1) is 11.3 Å². The van der Waals surface area contributed by atoms with E-state index in [1.807, 2.05) is 45.9 Å². The van der Waals surface area contributed by atoms with Gasteiger partial charge in [0.15, 0.2) is 5.69 Å². The third-order valence-corrected chi connectivity index (χ3v) is 7.32. The van der Waals surface area contributed by atoms with Gasteiger partial charge in [0.25, 0.3) is 5.56 Å². The molecule has 1 aliphatic heterocycles. The Bertz CT molecular complexity index is 1290. The Kier molecular flexibility index (Phi) is 7.42. The summed E-state index contributed by atoms with van der Waals surface area (Å²) in [5.41, 5.74) is 6.18. The summed E-state index contributed by atoms with van der Waals surface area (Å²) in [4.78, 5) is 49.8. The summed E-state index contributed by atoms with van der Waals surface area (Å²) in [6, 6.07) is 8.11. The number of aromatic amines is 1. The molecule has 1 aliphatic rings. The lowest BCUT2D eigenvalue weighted by atomic mass is 10.2. The van der Waals surface area contributed by atoms with Crippen molar-refractivity contribution >= 4 is 39.0 Å². The molecule has 35 heavy (non-hydrogen) atoms. The maximum atomic E-state index is 13.7. The van der Waals surface area contributed by atoms with Gasteiger partial charge in [0, 0.05) is 13.1 Å². The SMILES string of the molecule is CC(C)CN(C(=O)CN1CCC[C@H]1c1nc2ccccc2s1)c1c(N)n(CC(C)C)c(=O)[nH]c1=O. The van der Waals surface area contributed by atoms with Crippen LogP contribution in [0.3, 0.4) is 0 Å². The van der Waals surface area contributed by atoms with Crippen molar-refractivity contribution in [2.24, 2.45) is 11.8 Å². The normalized spacial score (nSPS) is 16.6. The summed E-state index contributed by atoms with van der Waals surface area (Å²) in [5, 5.41) is 1.01. The van der Waals surface area contributed by atoms with Crippen molar-refractivity contribution in [3.8, 4) is 0 Å². The third kappa shape index (κ3) is 5.33. The van der Waals surface area contributed by atoms with E-state index in [4.69, 9.17) is 10.7 Å². The monoisotopic (exact) mass is 498 g/mol. The first-order chi connectivity index (χ1) is 16.7. The first-order valence-electron chi connectivity index (χ1n) is 12.2. The minimum Gasteiger partial charge on any atom is -0.383 e. The standard InChI is InChI=1S/C25H34N6O3S/c1-15(2)12-30(21-22(26)31(13-16(3)4)25(34)28-23(21)33)20(32)14-29-11-7-9-18(29)24-27-17-8-5-6-10-19(17)35-24/h5-6,8,10,15-16,18H,7,9,11-14,26H2,1-4H3,(H,28,33,34)/t18-/m0/s1. The maximum Gasteiger partial charge on any atom is 0.330 e. The van der Waals surface area contributed by atoms with Crippen LogP contribution in [0.1, 0.15) is 51.6 Å². The van der Waals surface area contributed by atoms with Crippen molar-refractivity contribution in [2.45, 2.75) is 53.1 Å². The molecule has 0 radical (unpaired) electrons. The van der Waals surface area contributed by atoms with Crippen molar-refractivity contribution in [2.75, 3.05) is 30.3 Å². The number of amides is 1. The molecule has 3 aromatic rings. The molecule has 1 aromatic carbocycles. The molecule has 1 saturated heterocycles. The fraction of sp³-hybridized carbons (Fsp3) is 0.520. The van der Waals surface area contributed by atoms with E-state index in [1.54, 1.807) is 11.3 Å². The van der Waals surface area contributed by atoms with Crippen LogP contribution in [0.15, 0.2) is 33.9 Å². The highest BCUT2D eigenvalue weighted by atomic mass is 32.1. The van der Waals surface area contributed by atoms with Crippen LogP contribution >= 0.6 is 11.3 Å². The number of carbonyl (C=O) groups is 1. The molecule has 0 saturated carbocycles. The Labute approximate surface area is 208 Å². The van der Waals surface area contributed by atoms with E-state index in [-0.39, 0.29) is 41.8 Å². The van der Waals surface area contributed by atoms with Crippen LogP contribution in [0.4, 0.5) is 11.5 Å². The van der Waals surface area contributed by atoms with Gasteiger partial charge in [-0.05, 0) is 43.4 Å². The van der Waals surface area contributed by atoms with Gasteiger partial charge in [0.1, 0.15) is 10.8 Å². The number of nitrogen functional groups attached to an aromatic ring is 1. The fourth-order valence-corrected chi connectivity index (χ4v) is 5.79. The molecular formula is C25H34N6O3S. The number of rotatable bonds is 8. The number of para-hydroxylation sites is 1. The zero-order chi connectivity index (χ0) is 25.3. The van der Waals surface area contributed by atoms with Gasteiger partial charge in [-0.25, -0.2) is 9.78 Å². The Morgan fingerprint density at radius 3 is 2.66 bits per heavy atom. The molecule has 2 aromatic heterocycles. The molecule has 1 amide bonds. The average Bonchev–Trinajstić information content (AvgIpc) is 3.41. The molecule has 0 unspecified atom stereocenters. The third-order valence-electron chi connectivity index (χ3n) is 6.18. The van der Waals surface area contributed by atoms with Crippen molar-refractivity contribution in [3.05, 3.63) is 50.1 Å². The lowest BCUT2D eigenvalue weighted by molar-refractivity contribution is -0.120. The van der Waals surface area contributed by atoms with Crippen LogP contribution < -0.4 is 21.9 Å². The Morgan fingerprint density at radius 2 is 1.97 bits per heavy atom. The first-order valence-corrected chi connectivity index (χ1v) is 13.0. The van der Waals surface area contributed by atoms with Gasteiger partial charge in [0.05, 0.1) is 22.8 Å². The molecule has 9 nitrogen and oxygen atoms in total. The van der Waals surface area contributed by atoms with Gasteiger partial charge in [0.2, 0.25) is 5.91 Å². The molecule has 1 fully saturated rings. The number of aromatic nitrogens is 3. The van der Waals surface area contributed by atoms with E-state index in [1.165, 1.54) is 9.47 Å². The van der Waals surface area contributed by atoms with Crippen molar-refractivity contribution in [3.63, 3.8) is 0 Å². The lowest BCUT2D eigenvalue weighted by Gasteiger charge is -2.29. The minimum absolute atomic E-state index is 0.0330. The number of anilines is 2. The fourth-order valence-electron chi connectivity index (χ4n) is 4.65. The molecule has 3 heterocycles. The zero-order valence-electron chi connectivity index (χ0n) is 20.8. The number of nitrogens with one attached hydrogen (secondary N) is 1. The van der Waals surface area contributed by atoms with E-state index >= 15 is 0 Å². The number of hydrogen-bond donors (Lipinski definition) is 2. The zero-order valence-corrected chi connectivity index (χ0v) is 21.6. The van der Waals surface area contributed by atoms with Crippen LogP contribution in [-0.2, 0) is 11.3 Å². The van der Waals surface area contributed by atoms with Crippen molar-refractivity contribution < 1.29 is 4.79 Å². The minimum atomic E-state index is -0.634. The topological polar surface area (TPSA) is 117 Å². The van der Waals surface area contributed by atoms with E-state index in [2.05, 4.69) is 16.0 Å². The molecule has 1 atom stereocenters. The number of fused-ring (bicyclic) bond motifs is 1. The van der Waals surface area contributed by atoms with Crippen LogP contribution in [0.25, 0.3) is 10.2 Å². The summed E-state index contributed by atoms with van der Waals surface area (Å²) in [7, 11) is 0. The Balaban J connectivity index is 1.65. The second-order valence-corrected chi connectivity index (χ2v) is 11.1. The smallest absolute Gasteiger partial charge is 0.330 e. The van der Waals surface area contributed by atoms with Crippen LogP contribution in [-0.4, -0.2) is 45.0 Å². The van der Waals surface area contributed by atoms with E-state index in [0.29, 0.717) is 13.1 Å². The van der Waals surface area contributed by atoms with E-state index < -0.39 is 11.2 Å². The molecule has 3 N–H and O–H groups in total. The van der Waals surface area contributed by atoms with Crippen molar-refractivity contribution in [1.29, 1.82) is 0 Å². The van der Waals surface area contributed by atoms with Gasteiger partial charge in [-0.2, -0.15) is 0 Å². The molecule has 188 valence electrons. The predicted octanol–water partition coefficient (Wildman–Crippen LogP) is 3.21. The number of benzene rings is 1. The molecule has 10 heteroatoms.